The Morgan fingerprint density at radius 3 is 2.20 bits per heavy atom. The van der Waals surface area contributed by atoms with Crippen LogP contribution in [-0.4, -0.2) is 17.5 Å². The maximum atomic E-state index is 11.3. The van der Waals surface area contributed by atoms with Crippen molar-refractivity contribution in [3.8, 4) is 0 Å². The summed E-state index contributed by atoms with van der Waals surface area (Å²) in [4.78, 5) is 11.3. The Bertz CT molecular complexity index is 256. The van der Waals surface area contributed by atoms with Crippen molar-refractivity contribution in [3.63, 3.8) is 0 Å². The minimum Gasteiger partial charge on any atom is -0.393 e. The molecule has 0 bridgehead atoms. The van der Waals surface area contributed by atoms with Gasteiger partial charge < -0.3 is 9.90 Å². The summed E-state index contributed by atoms with van der Waals surface area (Å²) in [7, 11) is 0. The van der Waals surface area contributed by atoms with Crippen LogP contribution < -0.4 is 0 Å². The molecule has 118 valence electrons. The van der Waals surface area contributed by atoms with Gasteiger partial charge >= 0.3 is 0 Å². The van der Waals surface area contributed by atoms with Crippen LogP contribution >= 0.6 is 0 Å². The summed E-state index contributed by atoms with van der Waals surface area (Å²) in [5.41, 5.74) is 0. The summed E-state index contributed by atoms with van der Waals surface area (Å²) in [6.07, 6.45) is 11.3. The third kappa shape index (κ3) is 6.39. The van der Waals surface area contributed by atoms with Gasteiger partial charge in [0.2, 0.25) is 0 Å². The molecular weight excluding hydrogens is 248 g/mol. The van der Waals surface area contributed by atoms with Gasteiger partial charge in [-0.3, -0.25) is 0 Å². The van der Waals surface area contributed by atoms with Gasteiger partial charge in [-0.05, 0) is 56.3 Å². The molecule has 0 aromatic carbocycles. The topological polar surface area (TPSA) is 37.3 Å². The maximum Gasteiger partial charge on any atom is 0.123 e. The van der Waals surface area contributed by atoms with E-state index in [1.807, 2.05) is 0 Å². The number of rotatable bonds is 9. The first-order valence-electron chi connectivity index (χ1n) is 8.68. The van der Waals surface area contributed by atoms with Gasteiger partial charge in [0.25, 0.3) is 0 Å². The fraction of sp³-hybridized carbons (Fsp3) is 0.944. The van der Waals surface area contributed by atoms with Gasteiger partial charge in [0.05, 0.1) is 6.10 Å². The van der Waals surface area contributed by atoms with E-state index in [2.05, 4.69) is 20.8 Å². The fourth-order valence-electron chi connectivity index (χ4n) is 3.41. The predicted octanol–water partition coefficient (Wildman–Crippen LogP) is 4.60. The quantitative estimate of drug-likeness (QED) is 0.628. The molecule has 0 aliphatic heterocycles. The Balaban J connectivity index is 2.29. The molecule has 1 rings (SSSR count). The number of carbonyl (C=O) groups excluding carboxylic acids is 1. The molecule has 0 saturated heterocycles. The molecule has 0 aromatic rings. The molecule has 0 heterocycles. The van der Waals surface area contributed by atoms with Crippen molar-refractivity contribution in [3.05, 3.63) is 0 Å². The molecule has 2 nitrogen and oxygen atoms in total. The first-order valence-corrected chi connectivity index (χ1v) is 8.68. The normalized spacial score (nSPS) is 21.6. The summed E-state index contributed by atoms with van der Waals surface area (Å²) >= 11 is 0. The molecule has 1 aliphatic rings. The number of hydrogen-bond acceptors (Lipinski definition) is 2. The monoisotopic (exact) mass is 282 g/mol. The van der Waals surface area contributed by atoms with Crippen molar-refractivity contribution >= 4 is 6.29 Å². The summed E-state index contributed by atoms with van der Waals surface area (Å²) in [6.45, 7) is 6.53. The number of aliphatic hydroxyl groups is 1. The molecule has 0 radical (unpaired) electrons. The second-order valence-corrected chi connectivity index (χ2v) is 7.29. The van der Waals surface area contributed by atoms with Crippen molar-refractivity contribution in [2.24, 2.45) is 23.7 Å². The van der Waals surface area contributed by atoms with Gasteiger partial charge in [-0.15, -0.1) is 0 Å². The lowest BCUT2D eigenvalue weighted by molar-refractivity contribution is -0.113. The zero-order valence-corrected chi connectivity index (χ0v) is 13.7. The van der Waals surface area contributed by atoms with Crippen molar-refractivity contribution in [1.82, 2.24) is 0 Å². The van der Waals surface area contributed by atoms with Gasteiger partial charge in [-0.25, -0.2) is 0 Å². The van der Waals surface area contributed by atoms with Gasteiger partial charge in [0.15, 0.2) is 0 Å². The molecule has 20 heavy (non-hydrogen) atoms. The van der Waals surface area contributed by atoms with E-state index in [1.165, 1.54) is 38.4 Å². The molecule has 1 aliphatic carbocycles. The predicted molar refractivity (Wildman–Crippen MR) is 84.6 cm³/mol. The Kier molecular flexibility index (Phi) is 8.44. The van der Waals surface area contributed by atoms with E-state index in [0.717, 1.165) is 25.7 Å². The number of carbonyl (C=O) groups is 1. The van der Waals surface area contributed by atoms with E-state index in [9.17, 15) is 9.90 Å². The highest BCUT2D eigenvalue weighted by molar-refractivity contribution is 5.54. The second-order valence-electron chi connectivity index (χ2n) is 7.29. The second kappa shape index (κ2) is 9.55. The Hall–Kier alpha value is -0.370. The third-order valence-corrected chi connectivity index (χ3v) is 5.08. The molecule has 1 N–H and O–H groups in total. The molecule has 0 amide bonds. The molecule has 1 fully saturated rings. The molecule has 1 saturated carbocycles. The standard InChI is InChI=1S/C18H34O2/c1-14(2)9-12-18(20)15(3)10-11-17(13-19)16-7-5-4-6-8-16/h13-18,20H,4-12H2,1-3H3. The van der Waals surface area contributed by atoms with Crippen LogP contribution in [0.1, 0.15) is 78.6 Å². The lowest BCUT2D eigenvalue weighted by Gasteiger charge is -2.28. The van der Waals surface area contributed by atoms with E-state index >= 15 is 0 Å². The summed E-state index contributed by atoms with van der Waals surface area (Å²) in [5.74, 6) is 1.82. The molecule has 0 spiro atoms. The highest BCUT2D eigenvalue weighted by atomic mass is 16.3. The van der Waals surface area contributed by atoms with Crippen molar-refractivity contribution in [1.29, 1.82) is 0 Å². The molecule has 3 atom stereocenters. The summed E-state index contributed by atoms with van der Waals surface area (Å²) in [5, 5.41) is 10.2. The highest BCUT2D eigenvalue weighted by Gasteiger charge is 2.24. The molecule has 2 heteroatoms. The Morgan fingerprint density at radius 1 is 1.00 bits per heavy atom. The van der Waals surface area contributed by atoms with E-state index < -0.39 is 0 Å². The van der Waals surface area contributed by atoms with Gasteiger partial charge in [0, 0.05) is 5.92 Å². The van der Waals surface area contributed by atoms with Crippen LogP contribution in [0.5, 0.6) is 0 Å². The first-order chi connectivity index (χ1) is 9.54. The third-order valence-electron chi connectivity index (χ3n) is 5.08. The van der Waals surface area contributed by atoms with Crippen LogP contribution in [0.2, 0.25) is 0 Å². The minimum atomic E-state index is -0.198. The number of hydrogen-bond donors (Lipinski definition) is 1. The average molecular weight is 282 g/mol. The van der Waals surface area contributed by atoms with E-state index in [4.69, 9.17) is 0 Å². The van der Waals surface area contributed by atoms with Crippen LogP contribution in [0, 0.1) is 23.7 Å². The maximum absolute atomic E-state index is 11.3. The first kappa shape index (κ1) is 17.7. The SMILES string of the molecule is CC(C)CCC(O)C(C)CCC(C=O)C1CCCCC1. The number of aliphatic hydroxyl groups excluding tert-OH is 1. The van der Waals surface area contributed by atoms with Gasteiger partial charge in [-0.1, -0.05) is 40.0 Å². The zero-order chi connectivity index (χ0) is 15.0. The van der Waals surface area contributed by atoms with Crippen molar-refractivity contribution in [2.45, 2.75) is 84.7 Å². The Labute approximate surface area is 125 Å². The van der Waals surface area contributed by atoms with E-state index in [-0.39, 0.29) is 12.0 Å². The van der Waals surface area contributed by atoms with E-state index in [0.29, 0.717) is 17.8 Å². The van der Waals surface area contributed by atoms with Gasteiger partial charge in [0.1, 0.15) is 6.29 Å². The van der Waals surface area contributed by atoms with E-state index in [1.54, 1.807) is 0 Å². The largest absolute Gasteiger partial charge is 0.393 e. The lowest BCUT2D eigenvalue weighted by atomic mass is 9.77. The Morgan fingerprint density at radius 2 is 1.65 bits per heavy atom. The van der Waals surface area contributed by atoms with Crippen LogP contribution in [-0.2, 0) is 4.79 Å². The van der Waals surface area contributed by atoms with Crippen molar-refractivity contribution in [2.75, 3.05) is 0 Å². The summed E-state index contributed by atoms with van der Waals surface area (Å²) in [6, 6.07) is 0. The number of aldehydes is 1. The van der Waals surface area contributed by atoms with Crippen LogP contribution in [0.25, 0.3) is 0 Å². The highest BCUT2D eigenvalue weighted by Crippen LogP contribution is 2.32. The van der Waals surface area contributed by atoms with Crippen molar-refractivity contribution < 1.29 is 9.90 Å². The lowest BCUT2D eigenvalue weighted by Crippen LogP contribution is -2.23. The van der Waals surface area contributed by atoms with Gasteiger partial charge in [-0.2, -0.15) is 0 Å². The smallest absolute Gasteiger partial charge is 0.123 e. The average Bonchev–Trinajstić information content (AvgIpc) is 2.46. The molecule has 3 unspecified atom stereocenters. The van der Waals surface area contributed by atoms with Crippen LogP contribution in [0.4, 0.5) is 0 Å². The van der Waals surface area contributed by atoms with Crippen LogP contribution in [0.15, 0.2) is 0 Å². The fourth-order valence-corrected chi connectivity index (χ4v) is 3.41. The molecule has 0 aromatic heterocycles. The molecular formula is C18H34O2. The zero-order valence-electron chi connectivity index (χ0n) is 13.7. The summed E-state index contributed by atoms with van der Waals surface area (Å²) < 4.78 is 0. The van der Waals surface area contributed by atoms with Crippen LogP contribution in [0.3, 0.4) is 0 Å². The minimum absolute atomic E-state index is 0.198.